The van der Waals surface area contributed by atoms with Crippen LogP contribution in [0.2, 0.25) is 0 Å². The Balaban J connectivity index is 2.68. The van der Waals surface area contributed by atoms with Gasteiger partial charge in [-0.1, -0.05) is 19.1 Å². The molecule has 1 aromatic rings. The van der Waals surface area contributed by atoms with Gasteiger partial charge in [0.25, 0.3) is 10.0 Å². The summed E-state index contributed by atoms with van der Waals surface area (Å²) in [6.45, 7) is 7.03. The maximum absolute atomic E-state index is 11.9. The first-order valence-corrected chi connectivity index (χ1v) is 7.72. The van der Waals surface area contributed by atoms with Gasteiger partial charge in [0.15, 0.2) is 0 Å². The van der Waals surface area contributed by atoms with Gasteiger partial charge in [0.2, 0.25) is 0 Å². The molecule has 0 saturated carbocycles. The second kappa shape index (κ2) is 6.23. The third kappa shape index (κ3) is 5.18. The maximum atomic E-state index is 11.9. The SMILES string of the molecule is CCc1ccc(S(=O)(=O)NNC(=O)OC(C)(C)C)cc1. The van der Waals surface area contributed by atoms with Crippen LogP contribution in [0.3, 0.4) is 0 Å². The molecule has 0 aliphatic heterocycles. The van der Waals surface area contributed by atoms with E-state index in [0.29, 0.717) is 0 Å². The molecule has 0 aliphatic rings. The van der Waals surface area contributed by atoms with Crippen molar-refractivity contribution in [2.75, 3.05) is 0 Å². The number of ether oxygens (including phenoxy) is 1. The Morgan fingerprint density at radius 3 is 2.20 bits per heavy atom. The highest BCUT2D eigenvalue weighted by molar-refractivity contribution is 7.89. The summed E-state index contributed by atoms with van der Waals surface area (Å²) < 4.78 is 28.8. The third-order valence-corrected chi connectivity index (χ3v) is 3.59. The number of carbonyl (C=O) groups is 1. The summed E-state index contributed by atoms with van der Waals surface area (Å²) >= 11 is 0. The van der Waals surface area contributed by atoms with E-state index in [2.05, 4.69) is 0 Å². The molecule has 0 fully saturated rings. The molecular weight excluding hydrogens is 280 g/mol. The standard InChI is InChI=1S/C13H20N2O4S/c1-5-10-6-8-11(9-7-10)20(17,18)15-14-12(16)19-13(2,3)4/h6-9,15H,5H2,1-4H3,(H,14,16). The van der Waals surface area contributed by atoms with Crippen LogP contribution in [0, 0.1) is 0 Å². The summed E-state index contributed by atoms with van der Waals surface area (Å²) in [7, 11) is -3.80. The first-order chi connectivity index (χ1) is 9.14. The van der Waals surface area contributed by atoms with Gasteiger partial charge in [-0.25, -0.2) is 18.6 Å². The lowest BCUT2D eigenvalue weighted by Crippen LogP contribution is -2.44. The Morgan fingerprint density at radius 1 is 1.20 bits per heavy atom. The van der Waals surface area contributed by atoms with Gasteiger partial charge in [0.1, 0.15) is 5.60 Å². The number of aryl methyl sites for hydroxylation is 1. The Bertz CT molecular complexity index is 559. The Kier molecular flexibility index (Phi) is 5.13. The molecule has 6 nitrogen and oxygen atoms in total. The molecule has 112 valence electrons. The second-order valence-corrected chi connectivity index (χ2v) is 6.91. The topological polar surface area (TPSA) is 84.5 Å². The predicted molar refractivity (Wildman–Crippen MR) is 75.5 cm³/mol. The van der Waals surface area contributed by atoms with Gasteiger partial charge in [0, 0.05) is 0 Å². The van der Waals surface area contributed by atoms with E-state index in [-0.39, 0.29) is 4.90 Å². The van der Waals surface area contributed by atoms with E-state index < -0.39 is 21.7 Å². The zero-order chi connectivity index (χ0) is 15.4. The van der Waals surface area contributed by atoms with E-state index >= 15 is 0 Å². The minimum atomic E-state index is -3.80. The van der Waals surface area contributed by atoms with E-state index in [1.807, 2.05) is 17.2 Å². The summed E-state index contributed by atoms with van der Waals surface area (Å²) in [5.41, 5.74) is 2.34. The van der Waals surface area contributed by atoms with Crippen molar-refractivity contribution in [3.63, 3.8) is 0 Å². The highest BCUT2D eigenvalue weighted by Crippen LogP contribution is 2.10. The summed E-state index contributed by atoms with van der Waals surface area (Å²) in [6, 6.07) is 6.42. The number of hydrogen-bond donors (Lipinski definition) is 2. The lowest BCUT2D eigenvalue weighted by molar-refractivity contribution is 0.0515. The molecule has 1 rings (SSSR count). The molecular formula is C13H20N2O4S. The summed E-state index contributed by atoms with van der Waals surface area (Å²) in [5.74, 6) is 0. The molecule has 7 heteroatoms. The molecule has 0 unspecified atom stereocenters. The van der Waals surface area contributed by atoms with Gasteiger partial charge in [0.05, 0.1) is 4.90 Å². The number of carbonyl (C=O) groups excluding carboxylic acids is 1. The number of sulfonamides is 1. The zero-order valence-corrected chi connectivity index (χ0v) is 12.9. The van der Waals surface area contributed by atoms with Crippen molar-refractivity contribution in [2.24, 2.45) is 0 Å². The first-order valence-electron chi connectivity index (χ1n) is 6.24. The smallest absolute Gasteiger partial charge is 0.423 e. The minimum Gasteiger partial charge on any atom is -0.443 e. The monoisotopic (exact) mass is 300 g/mol. The van der Waals surface area contributed by atoms with Crippen molar-refractivity contribution < 1.29 is 17.9 Å². The molecule has 0 aromatic heterocycles. The molecule has 20 heavy (non-hydrogen) atoms. The molecule has 1 amide bonds. The fourth-order valence-electron chi connectivity index (χ4n) is 1.38. The van der Waals surface area contributed by atoms with Crippen molar-refractivity contribution >= 4 is 16.1 Å². The summed E-state index contributed by atoms with van der Waals surface area (Å²) in [6.07, 6.45) is -0.0320. The quantitative estimate of drug-likeness (QED) is 0.833. The molecule has 0 aliphatic carbocycles. The number of rotatable bonds is 4. The zero-order valence-electron chi connectivity index (χ0n) is 12.1. The van der Waals surface area contributed by atoms with Crippen LogP contribution in [0.5, 0.6) is 0 Å². The van der Waals surface area contributed by atoms with Crippen LogP contribution in [0.4, 0.5) is 4.79 Å². The first kappa shape index (κ1) is 16.5. The van der Waals surface area contributed by atoms with Gasteiger partial charge in [-0.15, -0.1) is 4.83 Å². The van der Waals surface area contributed by atoms with E-state index in [1.54, 1.807) is 32.9 Å². The number of hydrogen-bond acceptors (Lipinski definition) is 4. The Labute approximate surface area is 119 Å². The minimum absolute atomic E-state index is 0.0748. The average Bonchev–Trinajstić information content (AvgIpc) is 2.35. The Hall–Kier alpha value is -1.60. The van der Waals surface area contributed by atoms with Crippen LogP contribution in [0.25, 0.3) is 0 Å². The molecule has 0 saturated heterocycles. The van der Waals surface area contributed by atoms with Gasteiger partial charge >= 0.3 is 6.09 Å². The van der Waals surface area contributed by atoms with Crippen LogP contribution >= 0.6 is 0 Å². The van der Waals surface area contributed by atoms with Crippen molar-refractivity contribution in [1.82, 2.24) is 10.3 Å². The van der Waals surface area contributed by atoms with Crippen LogP contribution < -0.4 is 10.3 Å². The molecule has 0 atom stereocenters. The van der Waals surface area contributed by atoms with Crippen molar-refractivity contribution in [2.45, 2.75) is 44.6 Å². The lowest BCUT2D eigenvalue weighted by Gasteiger charge is -2.19. The summed E-state index contributed by atoms with van der Waals surface area (Å²) in [5, 5.41) is 0. The highest BCUT2D eigenvalue weighted by Gasteiger charge is 2.19. The number of hydrazine groups is 1. The molecule has 0 spiro atoms. The average molecular weight is 300 g/mol. The Morgan fingerprint density at radius 2 is 1.75 bits per heavy atom. The van der Waals surface area contributed by atoms with Gasteiger partial charge in [-0.05, 0) is 44.9 Å². The third-order valence-electron chi connectivity index (χ3n) is 2.33. The van der Waals surface area contributed by atoms with Gasteiger partial charge in [-0.2, -0.15) is 0 Å². The highest BCUT2D eigenvalue weighted by atomic mass is 32.2. The largest absolute Gasteiger partial charge is 0.443 e. The summed E-state index contributed by atoms with van der Waals surface area (Å²) in [4.78, 5) is 13.4. The number of nitrogens with one attached hydrogen (secondary N) is 2. The lowest BCUT2D eigenvalue weighted by atomic mass is 10.2. The van der Waals surface area contributed by atoms with E-state index in [9.17, 15) is 13.2 Å². The van der Waals surface area contributed by atoms with Crippen LogP contribution in [0.1, 0.15) is 33.3 Å². The van der Waals surface area contributed by atoms with Crippen LogP contribution in [-0.2, 0) is 21.2 Å². The molecule has 0 heterocycles. The normalized spacial score (nSPS) is 12.0. The van der Waals surface area contributed by atoms with E-state index in [1.165, 1.54) is 12.1 Å². The molecule has 2 N–H and O–H groups in total. The van der Waals surface area contributed by atoms with Crippen molar-refractivity contribution in [1.29, 1.82) is 0 Å². The van der Waals surface area contributed by atoms with Crippen molar-refractivity contribution in [3.05, 3.63) is 29.8 Å². The molecule has 0 radical (unpaired) electrons. The molecule has 1 aromatic carbocycles. The fourth-order valence-corrected chi connectivity index (χ4v) is 2.21. The second-order valence-electron chi connectivity index (χ2n) is 5.23. The van der Waals surface area contributed by atoms with E-state index in [4.69, 9.17) is 4.74 Å². The number of benzene rings is 1. The number of amides is 1. The van der Waals surface area contributed by atoms with Gasteiger partial charge < -0.3 is 4.74 Å². The van der Waals surface area contributed by atoms with Crippen LogP contribution in [0.15, 0.2) is 29.2 Å². The maximum Gasteiger partial charge on any atom is 0.423 e. The molecule has 0 bridgehead atoms. The van der Waals surface area contributed by atoms with E-state index in [0.717, 1.165) is 12.0 Å². The fraction of sp³-hybridized carbons (Fsp3) is 0.462. The predicted octanol–water partition coefficient (Wildman–Crippen LogP) is 1.97. The van der Waals surface area contributed by atoms with Gasteiger partial charge in [-0.3, -0.25) is 0 Å². The van der Waals surface area contributed by atoms with Crippen molar-refractivity contribution in [3.8, 4) is 0 Å². The van der Waals surface area contributed by atoms with Crippen LogP contribution in [-0.4, -0.2) is 20.1 Å².